The van der Waals surface area contributed by atoms with Crippen molar-refractivity contribution < 1.29 is 8.78 Å². The third-order valence-corrected chi connectivity index (χ3v) is 3.41. The molecule has 1 aliphatic rings. The van der Waals surface area contributed by atoms with Gasteiger partial charge in [0, 0.05) is 11.6 Å². The van der Waals surface area contributed by atoms with Gasteiger partial charge in [-0.2, -0.15) is 8.78 Å². The van der Waals surface area contributed by atoms with E-state index in [0.29, 0.717) is 0 Å². The van der Waals surface area contributed by atoms with Crippen molar-refractivity contribution in [3.63, 3.8) is 0 Å². The summed E-state index contributed by atoms with van der Waals surface area (Å²) in [6.07, 6.45) is 5.63. The molecule has 2 rings (SSSR count). The molecule has 0 aromatic heterocycles. The summed E-state index contributed by atoms with van der Waals surface area (Å²) >= 11 is 0. The maximum atomic E-state index is 13.8. The van der Waals surface area contributed by atoms with Gasteiger partial charge in [-0.15, -0.1) is 0 Å². The minimum Gasteiger partial charge on any atom is -0.308 e. The van der Waals surface area contributed by atoms with Gasteiger partial charge >= 0.3 is 0 Å². The highest BCUT2D eigenvalue weighted by Gasteiger charge is 2.31. The molecule has 0 heterocycles. The SMILES string of the molecule is FC(F)(CNC1CCCCC1)c1ccccc1. The van der Waals surface area contributed by atoms with Crippen LogP contribution in [0.5, 0.6) is 0 Å². The van der Waals surface area contributed by atoms with Crippen molar-refractivity contribution in [1.29, 1.82) is 0 Å². The molecule has 17 heavy (non-hydrogen) atoms. The molecule has 0 spiro atoms. The van der Waals surface area contributed by atoms with Crippen LogP contribution >= 0.6 is 0 Å². The van der Waals surface area contributed by atoms with Gasteiger partial charge in [-0.3, -0.25) is 0 Å². The van der Waals surface area contributed by atoms with Gasteiger partial charge in [0.15, 0.2) is 0 Å². The molecule has 0 bridgehead atoms. The number of hydrogen-bond donors (Lipinski definition) is 1. The van der Waals surface area contributed by atoms with Crippen LogP contribution in [0.4, 0.5) is 8.78 Å². The molecule has 1 nitrogen and oxygen atoms in total. The minimum atomic E-state index is -2.77. The van der Waals surface area contributed by atoms with Gasteiger partial charge in [0.25, 0.3) is 5.92 Å². The second kappa shape index (κ2) is 5.58. The summed E-state index contributed by atoms with van der Waals surface area (Å²) in [6.45, 7) is -0.248. The fourth-order valence-electron chi connectivity index (χ4n) is 2.36. The van der Waals surface area contributed by atoms with Crippen LogP contribution < -0.4 is 5.32 Å². The zero-order chi connectivity index (χ0) is 12.1. The summed E-state index contributed by atoms with van der Waals surface area (Å²) in [5.74, 6) is -2.77. The van der Waals surface area contributed by atoms with E-state index in [1.54, 1.807) is 18.2 Å². The molecule has 0 unspecified atom stereocenters. The Labute approximate surface area is 101 Å². The maximum absolute atomic E-state index is 13.8. The normalized spacial score (nSPS) is 18.2. The van der Waals surface area contributed by atoms with E-state index < -0.39 is 5.92 Å². The van der Waals surface area contributed by atoms with Crippen molar-refractivity contribution >= 4 is 0 Å². The first-order valence-electron chi connectivity index (χ1n) is 6.35. The quantitative estimate of drug-likeness (QED) is 0.844. The molecule has 0 saturated heterocycles. The highest BCUT2D eigenvalue weighted by Crippen LogP contribution is 2.27. The first-order chi connectivity index (χ1) is 8.18. The van der Waals surface area contributed by atoms with Crippen molar-refractivity contribution in [2.75, 3.05) is 6.54 Å². The summed E-state index contributed by atoms with van der Waals surface area (Å²) in [7, 11) is 0. The van der Waals surface area contributed by atoms with Crippen molar-refractivity contribution in [3.05, 3.63) is 35.9 Å². The number of benzene rings is 1. The smallest absolute Gasteiger partial charge is 0.285 e. The Kier molecular flexibility index (Phi) is 4.11. The lowest BCUT2D eigenvalue weighted by Gasteiger charge is -2.26. The monoisotopic (exact) mass is 239 g/mol. The lowest BCUT2D eigenvalue weighted by Crippen LogP contribution is -2.38. The Bertz CT molecular complexity index is 331. The summed E-state index contributed by atoms with van der Waals surface area (Å²) in [5.41, 5.74) is 0.100. The van der Waals surface area contributed by atoms with Gasteiger partial charge in [-0.05, 0) is 12.8 Å². The Morgan fingerprint density at radius 3 is 2.35 bits per heavy atom. The Hall–Kier alpha value is -0.960. The minimum absolute atomic E-state index is 0.100. The van der Waals surface area contributed by atoms with E-state index in [1.165, 1.54) is 18.6 Å². The second-order valence-corrected chi connectivity index (χ2v) is 4.79. The summed E-state index contributed by atoms with van der Waals surface area (Å²) in [6, 6.07) is 8.32. The summed E-state index contributed by atoms with van der Waals surface area (Å²) in [5, 5.41) is 3.01. The van der Waals surface area contributed by atoms with Crippen LogP contribution in [0.15, 0.2) is 30.3 Å². The van der Waals surface area contributed by atoms with E-state index in [9.17, 15) is 8.78 Å². The van der Waals surface area contributed by atoms with Gasteiger partial charge in [0.2, 0.25) is 0 Å². The number of nitrogens with one attached hydrogen (secondary N) is 1. The summed E-state index contributed by atoms with van der Waals surface area (Å²) < 4.78 is 27.7. The van der Waals surface area contributed by atoms with Crippen molar-refractivity contribution in [2.45, 2.75) is 44.1 Å². The highest BCUT2D eigenvalue weighted by atomic mass is 19.3. The molecule has 3 heteroatoms. The first kappa shape index (κ1) is 12.5. The number of alkyl halides is 2. The Morgan fingerprint density at radius 1 is 1.06 bits per heavy atom. The van der Waals surface area contributed by atoms with E-state index in [2.05, 4.69) is 5.32 Å². The topological polar surface area (TPSA) is 12.0 Å². The van der Waals surface area contributed by atoms with E-state index >= 15 is 0 Å². The van der Waals surface area contributed by atoms with Gasteiger partial charge in [0.05, 0.1) is 6.54 Å². The van der Waals surface area contributed by atoms with Gasteiger partial charge in [-0.25, -0.2) is 0 Å². The van der Waals surface area contributed by atoms with Crippen molar-refractivity contribution in [2.24, 2.45) is 0 Å². The van der Waals surface area contributed by atoms with Crippen molar-refractivity contribution in [1.82, 2.24) is 5.32 Å². The predicted molar refractivity (Wildman–Crippen MR) is 65.2 cm³/mol. The van der Waals surface area contributed by atoms with Gasteiger partial charge in [-0.1, -0.05) is 49.6 Å². The molecular weight excluding hydrogens is 220 g/mol. The van der Waals surface area contributed by atoms with Crippen LogP contribution in [0.3, 0.4) is 0 Å². The lowest BCUT2D eigenvalue weighted by molar-refractivity contribution is -0.00677. The number of rotatable bonds is 4. The molecule has 0 aliphatic heterocycles. The van der Waals surface area contributed by atoms with Crippen LogP contribution in [0.1, 0.15) is 37.7 Å². The number of halogens is 2. The highest BCUT2D eigenvalue weighted by molar-refractivity contribution is 5.20. The molecule has 1 fully saturated rings. The molecule has 1 N–H and O–H groups in total. The average molecular weight is 239 g/mol. The third-order valence-electron chi connectivity index (χ3n) is 3.41. The second-order valence-electron chi connectivity index (χ2n) is 4.79. The van der Waals surface area contributed by atoms with E-state index in [-0.39, 0.29) is 18.2 Å². The Morgan fingerprint density at radius 2 is 1.71 bits per heavy atom. The average Bonchev–Trinajstić information content (AvgIpc) is 2.39. The zero-order valence-electron chi connectivity index (χ0n) is 9.96. The molecular formula is C14H19F2N. The third kappa shape index (κ3) is 3.50. The largest absolute Gasteiger partial charge is 0.308 e. The lowest BCUT2D eigenvalue weighted by atomic mass is 9.95. The molecule has 1 aliphatic carbocycles. The molecule has 1 aromatic carbocycles. The molecule has 0 amide bonds. The van der Waals surface area contributed by atoms with Crippen LogP contribution in [-0.4, -0.2) is 12.6 Å². The summed E-state index contributed by atoms with van der Waals surface area (Å²) in [4.78, 5) is 0. The molecule has 1 saturated carbocycles. The molecule has 0 radical (unpaired) electrons. The zero-order valence-corrected chi connectivity index (χ0v) is 9.96. The van der Waals surface area contributed by atoms with Gasteiger partial charge in [0.1, 0.15) is 0 Å². The van der Waals surface area contributed by atoms with E-state index in [1.807, 2.05) is 0 Å². The Balaban J connectivity index is 1.88. The first-order valence-corrected chi connectivity index (χ1v) is 6.35. The van der Waals surface area contributed by atoms with Crippen LogP contribution in [0.2, 0.25) is 0 Å². The predicted octanol–water partition coefficient (Wildman–Crippen LogP) is 3.70. The van der Waals surface area contributed by atoms with Gasteiger partial charge < -0.3 is 5.32 Å². The fourth-order valence-corrected chi connectivity index (χ4v) is 2.36. The number of hydrogen-bond acceptors (Lipinski definition) is 1. The fraction of sp³-hybridized carbons (Fsp3) is 0.571. The van der Waals surface area contributed by atoms with Crippen LogP contribution in [0, 0.1) is 0 Å². The van der Waals surface area contributed by atoms with Crippen LogP contribution in [-0.2, 0) is 5.92 Å². The van der Waals surface area contributed by atoms with E-state index in [4.69, 9.17) is 0 Å². The standard InChI is InChI=1S/C14H19F2N/c15-14(16,12-7-3-1-4-8-12)11-17-13-9-5-2-6-10-13/h1,3-4,7-8,13,17H,2,5-6,9-11H2. The van der Waals surface area contributed by atoms with Crippen molar-refractivity contribution in [3.8, 4) is 0 Å². The maximum Gasteiger partial charge on any atom is 0.285 e. The van der Waals surface area contributed by atoms with E-state index in [0.717, 1.165) is 25.7 Å². The molecule has 94 valence electrons. The molecule has 0 atom stereocenters. The molecule has 1 aromatic rings. The van der Waals surface area contributed by atoms with Crippen LogP contribution in [0.25, 0.3) is 0 Å².